The number of aromatic amines is 1. The lowest BCUT2D eigenvalue weighted by Crippen LogP contribution is -2.51. The number of nitrogens with zero attached hydrogens (tertiary/aromatic N) is 2. The number of hydrogen-bond donors (Lipinski definition) is 2. The summed E-state index contributed by atoms with van der Waals surface area (Å²) in [4.78, 5) is 8.22. The number of aromatic nitrogens is 1. The third-order valence-electron chi connectivity index (χ3n) is 9.96. The van der Waals surface area contributed by atoms with Crippen molar-refractivity contribution in [2.75, 3.05) is 32.8 Å². The van der Waals surface area contributed by atoms with Crippen LogP contribution in [0.4, 0.5) is 17.6 Å². The van der Waals surface area contributed by atoms with Gasteiger partial charge in [0.2, 0.25) is 0 Å². The van der Waals surface area contributed by atoms with Gasteiger partial charge in [0.05, 0.1) is 18.6 Å². The molecule has 0 unspecified atom stereocenters. The molecule has 0 radical (unpaired) electrons. The molecular formula is C43H47F4N3O3. The van der Waals surface area contributed by atoms with Gasteiger partial charge in [-0.15, -0.1) is 0 Å². The fourth-order valence-electron chi connectivity index (χ4n) is 7.25. The van der Waals surface area contributed by atoms with Crippen molar-refractivity contribution in [3.63, 3.8) is 0 Å². The summed E-state index contributed by atoms with van der Waals surface area (Å²) >= 11 is 0. The Morgan fingerprint density at radius 1 is 0.849 bits per heavy atom. The van der Waals surface area contributed by atoms with E-state index < -0.39 is 0 Å². The second kappa shape index (κ2) is 17.7. The van der Waals surface area contributed by atoms with Gasteiger partial charge in [0.25, 0.3) is 0 Å². The molecule has 2 aliphatic heterocycles. The number of fused-ring (bicyclic) bond motifs is 2. The SMILES string of the molecule is CC(C)COc1ccc(F)cc1.FC1=CC2=CC=COC2=C(N2CCN(C3CCC(c4c[nH]c5ccc(F)cc45)CC3)CC2)C1.Oc1ccc(F)cc1. The summed E-state index contributed by atoms with van der Waals surface area (Å²) in [7, 11) is 0. The number of halogens is 4. The summed E-state index contributed by atoms with van der Waals surface area (Å²) < 4.78 is 63.5. The topological polar surface area (TPSA) is 61.0 Å². The van der Waals surface area contributed by atoms with Crippen LogP contribution in [0.5, 0.6) is 11.5 Å². The standard InChI is InChI=1S/C27H29F2N3O.C10H13FO.C6H5FO/c28-20-5-8-25-23(15-20)24(17-30-25)18-3-6-22(7-4-18)31-9-11-32(12-10-31)26-16-21(29)14-19-2-1-13-33-27(19)26;1-8(2)7-12-10-5-3-9(11)4-6-10;7-5-1-3-6(8)4-2-5/h1-2,5,8,13-15,17-18,22,30H,3-4,6-7,9-12,16H2;3-6,8H,7H2,1-2H3;1-4,8H. The van der Waals surface area contributed by atoms with E-state index in [1.165, 1.54) is 60.9 Å². The Morgan fingerprint density at radius 3 is 2.17 bits per heavy atom. The Labute approximate surface area is 308 Å². The van der Waals surface area contributed by atoms with E-state index in [9.17, 15) is 17.6 Å². The van der Waals surface area contributed by atoms with Crippen LogP contribution in [0.2, 0.25) is 0 Å². The van der Waals surface area contributed by atoms with Crippen LogP contribution in [0, 0.1) is 23.4 Å². The number of ether oxygens (including phenoxy) is 2. The number of benzene rings is 3. The van der Waals surface area contributed by atoms with Crippen LogP contribution >= 0.6 is 0 Å². The highest BCUT2D eigenvalue weighted by Gasteiger charge is 2.32. The van der Waals surface area contributed by atoms with Gasteiger partial charge in [0, 0.05) is 61.3 Å². The Bertz CT molecular complexity index is 1910. The predicted octanol–water partition coefficient (Wildman–Crippen LogP) is 10.3. The fourth-order valence-corrected chi connectivity index (χ4v) is 7.25. The Kier molecular flexibility index (Phi) is 12.6. The summed E-state index contributed by atoms with van der Waals surface area (Å²) in [5, 5.41) is 9.62. The Hall–Kier alpha value is -4.96. The molecular weight excluding hydrogens is 682 g/mol. The summed E-state index contributed by atoms with van der Waals surface area (Å²) in [5.41, 5.74) is 4.08. The van der Waals surface area contributed by atoms with E-state index in [0.29, 0.717) is 30.9 Å². The van der Waals surface area contributed by atoms with Crippen molar-refractivity contribution in [3.8, 4) is 11.5 Å². The Morgan fingerprint density at radius 2 is 1.51 bits per heavy atom. The molecule has 2 N–H and O–H groups in total. The first-order chi connectivity index (χ1) is 25.6. The predicted molar refractivity (Wildman–Crippen MR) is 200 cm³/mol. The highest BCUT2D eigenvalue weighted by Crippen LogP contribution is 2.39. The molecule has 0 bridgehead atoms. The molecule has 1 saturated heterocycles. The lowest BCUT2D eigenvalue weighted by atomic mass is 9.81. The number of piperazine rings is 1. The van der Waals surface area contributed by atoms with Crippen molar-refractivity contribution in [1.29, 1.82) is 0 Å². The van der Waals surface area contributed by atoms with E-state index in [-0.39, 0.29) is 29.0 Å². The normalized spacial score (nSPS) is 20.0. The highest BCUT2D eigenvalue weighted by atomic mass is 19.1. The molecule has 3 heterocycles. The van der Waals surface area contributed by atoms with Crippen molar-refractivity contribution in [2.45, 2.75) is 57.9 Å². The number of hydrogen-bond acceptors (Lipinski definition) is 5. The van der Waals surface area contributed by atoms with Crippen molar-refractivity contribution >= 4 is 10.9 Å². The zero-order chi connectivity index (χ0) is 37.3. The summed E-state index contributed by atoms with van der Waals surface area (Å²) in [5.74, 6) is 1.78. The van der Waals surface area contributed by atoms with E-state index in [4.69, 9.17) is 14.6 Å². The zero-order valence-corrected chi connectivity index (χ0v) is 30.2. The third-order valence-corrected chi connectivity index (χ3v) is 9.96. The van der Waals surface area contributed by atoms with Gasteiger partial charge < -0.3 is 24.5 Å². The molecule has 4 aromatic rings. The van der Waals surface area contributed by atoms with Gasteiger partial charge >= 0.3 is 0 Å². The molecule has 10 heteroatoms. The van der Waals surface area contributed by atoms with Crippen molar-refractivity contribution in [1.82, 2.24) is 14.8 Å². The second-order valence-electron chi connectivity index (χ2n) is 14.2. The molecule has 2 fully saturated rings. The molecule has 3 aromatic carbocycles. The van der Waals surface area contributed by atoms with Crippen LogP contribution in [0.1, 0.15) is 57.4 Å². The van der Waals surface area contributed by atoms with Gasteiger partial charge in [-0.1, -0.05) is 13.8 Å². The number of rotatable bonds is 6. The van der Waals surface area contributed by atoms with Crippen LogP contribution in [-0.2, 0) is 4.74 Å². The zero-order valence-electron chi connectivity index (χ0n) is 30.2. The van der Waals surface area contributed by atoms with E-state index in [1.807, 2.05) is 18.2 Å². The van der Waals surface area contributed by atoms with Gasteiger partial charge in [-0.2, -0.15) is 0 Å². The molecule has 4 aliphatic rings. The van der Waals surface area contributed by atoms with Crippen molar-refractivity contribution in [2.24, 2.45) is 5.92 Å². The first-order valence-corrected chi connectivity index (χ1v) is 18.3. The lowest BCUT2D eigenvalue weighted by molar-refractivity contribution is 0.0867. The average molecular weight is 730 g/mol. The largest absolute Gasteiger partial charge is 0.508 e. The number of allylic oxidation sites excluding steroid dienone is 4. The lowest BCUT2D eigenvalue weighted by Gasteiger charge is -2.44. The van der Waals surface area contributed by atoms with E-state index in [2.05, 4.69) is 34.8 Å². The molecule has 280 valence electrons. The van der Waals surface area contributed by atoms with Crippen LogP contribution in [-0.4, -0.2) is 58.7 Å². The number of aromatic hydroxyl groups is 1. The number of H-pyrrole nitrogens is 1. The smallest absolute Gasteiger partial charge is 0.153 e. The van der Waals surface area contributed by atoms with Gasteiger partial charge in [-0.05, 0) is 128 Å². The maximum absolute atomic E-state index is 14.2. The molecule has 53 heavy (non-hydrogen) atoms. The maximum atomic E-state index is 14.2. The summed E-state index contributed by atoms with van der Waals surface area (Å²) in [6.45, 7) is 8.59. The van der Waals surface area contributed by atoms with Gasteiger partial charge in [0.15, 0.2) is 5.76 Å². The molecule has 1 aromatic heterocycles. The molecule has 6 nitrogen and oxygen atoms in total. The Balaban J connectivity index is 0.000000196. The number of nitrogens with one attached hydrogen (secondary N) is 1. The minimum absolute atomic E-state index is 0.0893. The second-order valence-corrected chi connectivity index (χ2v) is 14.2. The molecule has 0 amide bonds. The van der Waals surface area contributed by atoms with Crippen molar-refractivity contribution in [3.05, 3.63) is 143 Å². The van der Waals surface area contributed by atoms with Crippen LogP contribution in [0.15, 0.2) is 120 Å². The van der Waals surface area contributed by atoms with Crippen LogP contribution in [0.25, 0.3) is 10.9 Å². The van der Waals surface area contributed by atoms with Gasteiger partial charge in [-0.25, -0.2) is 17.6 Å². The third kappa shape index (κ3) is 10.1. The molecule has 2 aliphatic carbocycles. The van der Waals surface area contributed by atoms with Crippen LogP contribution < -0.4 is 4.74 Å². The highest BCUT2D eigenvalue weighted by molar-refractivity contribution is 5.83. The van der Waals surface area contributed by atoms with Crippen molar-refractivity contribution < 1.29 is 32.1 Å². The molecule has 1 saturated carbocycles. The average Bonchev–Trinajstić information content (AvgIpc) is 3.59. The minimum atomic E-state index is -0.331. The van der Waals surface area contributed by atoms with E-state index in [0.717, 1.165) is 72.7 Å². The van der Waals surface area contributed by atoms with E-state index >= 15 is 0 Å². The number of phenolic OH excluding ortho intramolecular Hbond substituents is 1. The van der Waals surface area contributed by atoms with E-state index in [1.54, 1.807) is 30.5 Å². The van der Waals surface area contributed by atoms with Gasteiger partial charge in [-0.3, -0.25) is 4.90 Å². The monoisotopic (exact) mass is 729 g/mol. The quantitative estimate of drug-likeness (QED) is 0.194. The minimum Gasteiger partial charge on any atom is -0.508 e. The molecule has 0 atom stereocenters. The van der Waals surface area contributed by atoms with Crippen LogP contribution in [0.3, 0.4) is 0 Å². The molecule has 8 rings (SSSR count). The number of phenols is 1. The summed E-state index contributed by atoms with van der Waals surface area (Å²) in [6.07, 6.45) is 14.0. The maximum Gasteiger partial charge on any atom is 0.153 e. The van der Waals surface area contributed by atoms with Gasteiger partial charge in [0.1, 0.15) is 34.8 Å². The molecule has 0 spiro atoms. The first kappa shape index (κ1) is 37.8. The first-order valence-electron chi connectivity index (χ1n) is 18.3. The fraction of sp³-hybridized carbons (Fsp3) is 0.349. The summed E-state index contributed by atoms with van der Waals surface area (Å²) in [6, 6.07) is 16.7.